The van der Waals surface area contributed by atoms with Crippen molar-refractivity contribution in [1.82, 2.24) is 20.1 Å². The van der Waals surface area contributed by atoms with Crippen LogP contribution in [0.2, 0.25) is 0 Å². The molecule has 1 aliphatic heterocycles. The first-order valence-electron chi connectivity index (χ1n) is 11.7. The third-order valence-electron chi connectivity index (χ3n) is 6.70. The highest BCUT2D eigenvalue weighted by atomic mass is 32.1. The third kappa shape index (κ3) is 4.76. The maximum atomic E-state index is 14.5. The molecule has 2 aliphatic rings. The molecule has 0 saturated heterocycles. The SMILES string of the molecule is Cc1c(C2N=C(c3nccs3)NC(C3CCc4nn(CCC(=O)O)cc4C3)=C2C(=O)O)ccc(F)c1F. The average molecular weight is 528 g/mol. The number of aliphatic imine (C=N–C) groups is 1. The molecule has 2 atom stereocenters. The topological polar surface area (TPSA) is 130 Å². The van der Waals surface area contributed by atoms with Crippen LogP contribution in [0.5, 0.6) is 0 Å². The molecule has 0 spiro atoms. The van der Waals surface area contributed by atoms with Gasteiger partial charge in [-0.25, -0.2) is 18.6 Å². The summed E-state index contributed by atoms with van der Waals surface area (Å²) in [6, 6.07) is 1.29. The fourth-order valence-corrected chi connectivity index (χ4v) is 5.48. The molecule has 3 aromatic rings. The lowest BCUT2D eigenvalue weighted by Crippen LogP contribution is -2.38. The second kappa shape index (κ2) is 9.85. The van der Waals surface area contributed by atoms with Gasteiger partial charge >= 0.3 is 11.9 Å². The van der Waals surface area contributed by atoms with Crippen molar-refractivity contribution in [2.24, 2.45) is 10.9 Å². The molecule has 0 bridgehead atoms. The largest absolute Gasteiger partial charge is 0.481 e. The van der Waals surface area contributed by atoms with Gasteiger partial charge in [0.2, 0.25) is 0 Å². The molecule has 0 fully saturated rings. The molecule has 2 unspecified atom stereocenters. The van der Waals surface area contributed by atoms with E-state index in [1.54, 1.807) is 22.5 Å². The van der Waals surface area contributed by atoms with Gasteiger partial charge in [-0.15, -0.1) is 11.3 Å². The van der Waals surface area contributed by atoms with Crippen LogP contribution in [-0.2, 0) is 29.0 Å². The third-order valence-corrected chi connectivity index (χ3v) is 7.48. The van der Waals surface area contributed by atoms with E-state index in [4.69, 9.17) is 5.11 Å². The van der Waals surface area contributed by atoms with Gasteiger partial charge in [0.15, 0.2) is 22.5 Å². The number of hydrogen-bond donors (Lipinski definition) is 3. The molecule has 3 heterocycles. The van der Waals surface area contributed by atoms with Gasteiger partial charge in [0, 0.05) is 29.4 Å². The minimum Gasteiger partial charge on any atom is -0.481 e. The first-order valence-corrected chi connectivity index (χ1v) is 12.5. The summed E-state index contributed by atoms with van der Waals surface area (Å²) < 4.78 is 30.0. The highest BCUT2D eigenvalue weighted by Gasteiger charge is 2.37. The zero-order valence-electron chi connectivity index (χ0n) is 19.7. The van der Waals surface area contributed by atoms with Crippen molar-refractivity contribution in [3.8, 4) is 0 Å². The Labute approximate surface area is 214 Å². The van der Waals surface area contributed by atoms with Crippen LogP contribution in [0.1, 0.15) is 46.3 Å². The van der Waals surface area contributed by atoms with Crippen molar-refractivity contribution in [2.75, 3.05) is 0 Å². The molecule has 37 heavy (non-hydrogen) atoms. The van der Waals surface area contributed by atoms with Crippen LogP contribution in [0.15, 0.2) is 46.2 Å². The first kappa shape index (κ1) is 24.8. The number of aromatic nitrogens is 3. The molecular formula is C25H23F2N5O4S. The maximum absolute atomic E-state index is 14.5. The van der Waals surface area contributed by atoms with Crippen molar-refractivity contribution in [1.29, 1.82) is 0 Å². The number of carbonyl (C=O) groups is 2. The van der Waals surface area contributed by atoms with Crippen LogP contribution in [0.3, 0.4) is 0 Å². The van der Waals surface area contributed by atoms with Gasteiger partial charge in [0.25, 0.3) is 0 Å². The molecule has 9 nitrogen and oxygen atoms in total. The number of nitrogens with zero attached hydrogens (tertiary/aromatic N) is 4. The molecular weight excluding hydrogens is 504 g/mol. The molecule has 2 aromatic heterocycles. The summed E-state index contributed by atoms with van der Waals surface area (Å²) in [6.07, 6.45) is 5.02. The Morgan fingerprint density at radius 1 is 1.27 bits per heavy atom. The highest BCUT2D eigenvalue weighted by molar-refractivity contribution is 7.11. The van der Waals surface area contributed by atoms with Gasteiger partial charge in [-0.1, -0.05) is 6.07 Å². The number of hydrogen-bond acceptors (Lipinski definition) is 7. The van der Waals surface area contributed by atoms with Gasteiger partial charge in [0.1, 0.15) is 6.04 Å². The number of thiazole rings is 1. The Morgan fingerprint density at radius 2 is 2.08 bits per heavy atom. The molecule has 0 radical (unpaired) electrons. The Hall–Kier alpha value is -3.93. The van der Waals surface area contributed by atoms with Crippen LogP contribution in [0.25, 0.3) is 0 Å². The molecule has 192 valence electrons. The van der Waals surface area contributed by atoms with Gasteiger partial charge in [-0.05, 0) is 48.9 Å². The summed E-state index contributed by atoms with van der Waals surface area (Å²) in [5, 5.41) is 29.3. The number of halogens is 2. The number of aryl methyl sites for hydroxylation is 2. The molecule has 0 amide bonds. The van der Waals surface area contributed by atoms with Gasteiger partial charge in [0.05, 0.1) is 24.2 Å². The van der Waals surface area contributed by atoms with E-state index in [1.807, 2.05) is 0 Å². The Balaban J connectivity index is 1.57. The number of allylic oxidation sites excluding steroid dienone is 1. The number of amidine groups is 1. The zero-order valence-corrected chi connectivity index (χ0v) is 20.6. The second-order valence-corrected chi connectivity index (χ2v) is 9.89. The van der Waals surface area contributed by atoms with Crippen LogP contribution in [0, 0.1) is 24.5 Å². The van der Waals surface area contributed by atoms with Gasteiger partial charge < -0.3 is 15.5 Å². The lowest BCUT2D eigenvalue weighted by molar-refractivity contribution is -0.137. The summed E-state index contributed by atoms with van der Waals surface area (Å²) in [5.41, 5.74) is 2.46. The second-order valence-electron chi connectivity index (χ2n) is 9.00. The molecule has 1 aromatic carbocycles. The summed E-state index contributed by atoms with van der Waals surface area (Å²) >= 11 is 1.32. The van der Waals surface area contributed by atoms with E-state index in [0.717, 1.165) is 17.3 Å². The number of aliphatic carboxylic acids is 2. The molecule has 3 N–H and O–H groups in total. The summed E-state index contributed by atoms with van der Waals surface area (Å²) in [4.78, 5) is 32.5. The summed E-state index contributed by atoms with van der Waals surface area (Å²) in [5.74, 6) is -4.05. The van der Waals surface area contributed by atoms with E-state index >= 15 is 0 Å². The Bertz CT molecular complexity index is 1450. The molecule has 1 aliphatic carbocycles. The van der Waals surface area contributed by atoms with Crippen molar-refractivity contribution in [3.63, 3.8) is 0 Å². The van der Waals surface area contributed by atoms with Crippen LogP contribution in [0.4, 0.5) is 8.78 Å². The van der Waals surface area contributed by atoms with Crippen molar-refractivity contribution >= 4 is 29.1 Å². The van der Waals surface area contributed by atoms with Gasteiger partial charge in [-0.3, -0.25) is 14.5 Å². The first-order chi connectivity index (χ1) is 17.7. The molecule has 5 rings (SSSR count). The lowest BCUT2D eigenvalue weighted by Gasteiger charge is -2.32. The van der Waals surface area contributed by atoms with Crippen molar-refractivity contribution in [3.05, 3.63) is 80.2 Å². The minimum absolute atomic E-state index is 0.00197. The standard InChI is InChI=1S/C25H23F2N5O4S/c1-12-15(3-4-16(26)20(12)27)22-19(25(35)36)21(29-23(30-22)24-28-7-9-37-24)13-2-5-17-14(10-13)11-32(31-17)8-6-18(33)34/h3-4,7,9,11,13,22H,2,5-6,8,10H2,1H3,(H,29,30)(H,33,34)(H,35,36). The van der Waals surface area contributed by atoms with Crippen molar-refractivity contribution < 1.29 is 28.6 Å². The predicted octanol–water partition coefficient (Wildman–Crippen LogP) is 3.64. The molecule has 12 heteroatoms. The quantitative estimate of drug-likeness (QED) is 0.428. The van der Waals surface area contributed by atoms with Crippen LogP contribution < -0.4 is 5.32 Å². The van der Waals surface area contributed by atoms with E-state index in [1.165, 1.54) is 24.3 Å². The fraction of sp³-hybridized carbons (Fsp3) is 0.320. The summed E-state index contributed by atoms with van der Waals surface area (Å²) in [7, 11) is 0. The zero-order chi connectivity index (χ0) is 26.3. The Morgan fingerprint density at radius 3 is 2.78 bits per heavy atom. The summed E-state index contributed by atoms with van der Waals surface area (Å²) in [6.45, 7) is 1.65. The predicted molar refractivity (Wildman–Crippen MR) is 130 cm³/mol. The number of rotatable bonds is 7. The van der Waals surface area contributed by atoms with E-state index in [9.17, 15) is 23.5 Å². The fourth-order valence-electron chi connectivity index (χ4n) is 4.89. The number of fused-ring (bicyclic) bond motifs is 1. The maximum Gasteiger partial charge on any atom is 0.335 e. The number of carboxylic acid groups (broad SMARTS) is 2. The number of nitrogens with one attached hydrogen (secondary N) is 1. The number of benzene rings is 1. The lowest BCUT2D eigenvalue weighted by atomic mass is 9.81. The van der Waals surface area contributed by atoms with Crippen molar-refractivity contribution in [2.45, 2.75) is 45.2 Å². The van der Waals surface area contributed by atoms with Crippen LogP contribution in [-0.4, -0.2) is 42.8 Å². The highest BCUT2D eigenvalue weighted by Crippen LogP contribution is 2.39. The van der Waals surface area contributed by atoms with E-state index in [-0.39, 0.29) is 35.6 Å². The normalized spacial score (nSPS) is 19.3. The average Bonchev–Trinajstić information content (AvgIpc) is 3.55. The van der Waals surface area contributed by atoms with E-state index < -0.39 is 29.6 Å². The van der Waals surface area contributed by atoms with E-state index in [2.05, 4.69) is 20.4 Å². The monoisotopic (exact) mass is 527 g/mol. The number of carboxylic acids is 2. The minimum atomic E-state index is -1.21. The smallest absolute Gasteiger partial charge is 0.335 e. The van der Waals surface area contributed by atoms with E-state index in [0.29, 0.717) is 35.8 Å². The van der Waals surface area contributed by atoms with Gasteiger partial charge in [-0.2, -0.15) is 5.10 Å². The molecule has 0 saturated carbocycles. The van der Waals surface area contributed by atoms with Crippen LogP contribution >= 0.6 is 11.3 Å². The Kier molecular flexibility index (Phi) is 6.59.